The van der Waals surface area contributed by atoms with E-state index in [0.29, 0.717) is 12.8 Å². The van der Waals surface area contributed by atoms with Gasteiger partial charge in [-0.1, -0.05) is 36.4 Å². The van der Waals surface area contributed by atoms with Gasteiger partial charge in [0.05, 0.1) is 17.2 Å². The van der Waals surface area contributed by atoms with Crippen LogP contribution in [0.5, 0.6) is 0 Å². The zero-order valence-electron chi connectivity index (χ0n) is 21.8. The maximum Gasteiger partial charge on any atom is 0.147 e. The number of anilines is 1. The fraction of sp³-hybridized carbons (Fsp3) is 0.219. The minimum atomic E-state index is 0.195. The summed E-state index contributed by atoms with van der Waals surface area (Å²) in [5, 5.41) is 0. The molecule has 3 aromatic heterocycles. The molecule has 0 spiro atoms. The highest BCUT2D eigenvalue weighted by atomic mass is 16.1. The lowest BCUT2D eigenvalue weighted by Crippen LogP contribution is -2.46. The standard InChI is InChI=1S/C32H30N6O/c39-29(19-25-9-12-33-13-10-25)18-24-3-5-27(6-4-24)28-7-8-30-31(20-28)36-32(22-35-30)38-16-14-37(15-17-38)23-26-2-1-11-34-21-26/h1-13,20-22H,14-19,23H2. The zero-order chi connectivity index (χ0) is 26.4. The second-order valence-electron chi connectivity index (χ2n) is 10.0. The molecule has 5 aromatic rings. The monoisotopic (exact) mass is 514 g/mol. The molecule has 2 aromatic carbocycles. The second-order valence-corrected chi connectivity index (χ2v) is 10.0. The van der Waals surface area contributed by atoms with Crippen molar-refractivity contribution < 1.29 is 4.79 Å². The number of fused-ring (bicyclic) bond motifs is 1. The van der Waals surface area contributed by atoms with E-state index in [1.807, 2.05) is 55.0 Å². The molecule has 7 heteroatoms. The number of ketones is 1. The minimum absolute atomic E-state index is 0.195. The number of Topliss-reactive ketones (excluding diaryl/α,β-unsaturated/α-hetero) is 1. The molecule has 0 radical (unpaired) electrons. The Kier molecular flexibility index (Phi) is 7.32. The molecule has 1 saturated heterocycles. The smallest absolute Gasteiger partial charge is 0.147 e. The average Bonchev–Trinajstić information content (AvgIpc) is 2.98. The molecule has 0 amide bonds. The first-order valence-electron chi connectivity index (χ1n) is 13.3. The molecule has 7 nitrogen and oxygen atoms in total. The number of pyridine rings is 2. The number of piperazine rings is 1. The van der Waals surface area contributed by atoms with Gasteiger partial charge in [0.15, 0.2) is 0 Å². The molecule has 0 saturated carbocycles. The lowest BCUT2D eigenvalue weighted by molar-refractivity contribution is -0.117. The summed E-state index contributed by atoms with van der Waals surface area (Å²) in [5.41, 5.74) is 7.21. The van der Waals surface area contributed by atoms with Gasteiger partial charge >= 0.3 is 0 Å². The number of hydrogen-bond acceptors (Lipinski definition) is 7. The average molecular weight is 515 g/mol. The summed E-state index contributed by atoms with van der Waals surface area (Å²) in [5.74, 6) is 1.11. The van der Waals surface area contributed by atoms with Crippen LogP contribution in [0.2, 0.25) is 0 Å². The van der Waals surface area contributed by atoms with Gasteiger partial charge in [-0.05, 0) is 58.1 Å². The number of nitrogens with zero attached hydrogens (tertiary/aromatic N) is 6. The molecule has 6 rings (SSSR count). The largest absolute Gasteiger partial charge is 0.353 e. The molecule has 1 aliphatic rings. The molecule has 0 aliphatic carbocycles. The Labute approximate surface area is 228 Å². The molecule has 0 atom stereocenters. The zero-order valence-corrected chi connectivity index (χ0v) is 21.8. The molecule has 194 valence electrons. The van der Waals surface area contributed by atoms with E-state index in [1.165, 1.54) is 5.56 Å². The van der Waals surface area contributed by atoms with Crippen LogP contribution in [0.25, 0.3) is 22.2 Å². The van der Waals surface area contributed by atoms with Gasteiger partial charge in [0.1, 0.15) is 11.6 Å². The van der Waals surface area contributed by atoms with Crippen LogP contribution in [0.1, 0.15) is 16.7 Å². The van der Waals surface area contributed by atoms with Crippen molar-refractivity contribution in [2.45, 2.75) is 19.4 Å². The van der Waals surface area contributed by atoms with Crippen molar-refractivity contribution in [1.29, 1.82) is 0 Å². The van der Waals surface area contributed by atoms with Crippen LogP contribution in [0.15, 0.2) is 97.7 Å². The topological polar surface area (TPSA) is 75.1 Å². The van der Waals surface area contributed by atoms with Crippen molar-refractivity contribution in [1.82, 2.24) is 24.8 Å². The first-order valence-corrected chi connectivity index (χ1v) is 13.3. The van der Waals surface area contributed by atoms with Crippen molar-refractivity contribution in [2.24, 2.45) is 0 Å². The van der Waals surface area contributed by atoms with Gasteiger partial charge in [0.25, 0.3) is 0 Å². The van der Waals surface area contributed by atoms with Crippen LogP contribution in [-0.4, -0.2) is 56.8 Å². The second kappa shape index (κ2) is 11.5. The molecule has 0 N–H and O–H groups in total. The van der Waals surface area contributed by atoms with Crippen molar-refractivity contribution in [3.63, 3.8) is 0 Å². The molecule has 1 aliphatic heterocycles. The maximum absolute atomic E-state index is 12.5. The van der Waals surface area contributed by atoms with E-state index < -0.39 is 0 Å². The van der Waals surface area contributed by atoms with Crippen molar-refractivity contribution in [2.75, 3.05) is 31.1 Å². The summed E-state index contributed by atoms with van der Waals surface area (Å²) in [7, 11) is 0. The van der Waals surface area contributed by atoms with E-state index in [9.17, 15) is 4.79 Å². The van der Waals surface area contributed by atoms with Gasteiger partial charge in [0.2, 0.25) is 0 Å². The van der Waals surface area contributed by atoms with Crippen LogP contribution in [0.4, 0.5) is 5.82 Å². The third-order valence-electron chi connectivity index (χ3n) is 7.19. The highest BCUT2D eigenvalue weighted by Crippen LogP contribution is 2.25. The predicted octanol–water partition coefficient (Wildman–Crippen LogP) is 4.76. The fourth-order valence-corrected chi connectivity index (χ4v) is 5.05. The Morgan fingerprint density at radius 3 is 2.18 bits per heavy atom. The highest BCUT2D eigenvalue weighted by Gasteiger charge is 2.19. The first-order chi connectivity index (χ1) is 19.2. The summed E-state index contributed by atoms with van der Waals surface area (Å²) < 4.78 is 0. The third kappa shape index (κ3) is 6.16. The molecule has 4 heterocycles. The SMILES string of the molecule is O=C(Cc1ccncc1)Cc1ccc(-c2ccc3ncc(N4CCN(Cc5cccnc5)CC4)nc3c2)cc1. The van der Waals surface area contributed by atoms with Crippen molar-refractivity contribution in [3.8, 4) is 11.1 Å². The number of aromatic nitrogens is 4. The van der Waals surface area contributed by atoms with Crippen LogP contribution in [0.3, 0.4) is 0 Å². The fourth-order valence-electron chi connectivity index (χ4n) is 5.05. The van der Waals surface area contributed by atoms with Gasteiger partial charge in [0, 0.05) is 70.4 Å². The molecular weight excluding hydrogens is 484 g/mol. The number of rotatable bonds is 8. The van der Waals surface area contributed by atoms with Gasteiger partial charge < -0.3 is 4.90 Å². The van der Waals surface area contributed by atoms with Crippen molar-refractivity contribution in [3.05, 3.63) is 114 Å². The Bertz CT molecular complexity index is 1550. The Morgan fingerprint density at radius 1 is 0.692 bits per heavy atom. The van der Waals surface area contributed by atoms with Crippen LogP contribution < -0.4 is 4.90 Å². The molecule has 1 fully saturated rings. The van der Waals surface area contributed by atoms with Gasteiger partial charge in [-0.3, -0.25) is 24.6 Å². The Hall–Kier alpha value is -4.49. The normalized spacial score (nSPS) is 14.0. The van der Waals surface area contributed by atoms with Gasteiger partial charge in [-0.15, -0.1) is 0 Å². The number of hydrogen-bond donors (Lipinski definition) is 0. The molecule has 39 heavy (non-hydrogen) atoms. The summed E-state index contributed by atoms with van der Waals surface area (Å²) in [6.45, 7) is 4.72. The molecule has 0 bridgehead atoms. The van der Waals surface area contributed by atoms with Crippen LogP contribution in [-0.2, 0) is 24.2 Å². The first kappa shape index (κ1) is 24.8. The lowest BCUT2D eigenvalue weighted by Gasteiger charge is -2.35. The Morgan fingerprint density at radius 2 is 1.44 bits per heavy atom. The lowest BCUT2D eigenvalue weighted by atomic mass is 9.99. The predicted molar refractivity (Wildman–Crippen MR) is 153 cm³/mol. The summed E-state index contributed by atoms with van der Waals surface area (Å²) in [4.78, 5) is 35.2. The van der Waals surface area contributed by atoms with Gasteiger partial charge in [-0.25, -0.2) is 4.98 Å². The summed E-state index contributed by atoms with van der Waals surface area (Å²) in [6.07, 6.45) is 9.93. The number of benzene rings is 2. The quantitative estimate of drug-likeness (QED) is 0.295. The van der Waals surface area contributed by atoms with Gasteiger partial charge in [-0.2, -0.15) is 0 Å². The van der Waals surface area contributed by atoms with E-state index in [4.69, 9.17) is 9.97 Å². The molecule has 0 unspecified atom stereocenters. The summed E-state index contributed by atoms with van der Waals surface area (Å²) in [6, 6.07) is 22.3. The third-order valence-corrected chi connectivity index (χ3v) is 7.19. The van der Waals surface area contributed by atoms with Crippen LogP contribution >= 0.6 is 0 Å². The Balaban J connectivity index is 1.11. The van der Waals surface area contributed by atoms with E-state index in [-0.39, 0.29) is 5.78 Å². The van der Waals surface area contributed by atoms with Crippen molar-refractivity contribution >= 4 is 22.6 Å². The molecular formula is C32H30N6O. The van der Waals surface area contributed by atoms with E-state index in [0.717, 1.165) is 71.8 Å². The minimum Gasteiger partial charge on any atom is -0.353 e. The highest BCUT2D eigenvalue weighted by molar-refractivity contribution is 5.84. The number of carbonyl (C=O) groups is 1. The summed E-state index contributed by atoms with van der Waals surface area (Å²) >= 11 is 0. The van der Waals surface area contributed by atoms with E-state index >= 15 is 0 Å². The number of carbonyl (C=O) groups excluding carboxylic acids is 1. The maximum atomic E-state index is 12.5. The van der Waals surface area contributed by atoms with E-state index in [1.54, 1.807) is 12.4 Å². The van der Waals surface area contributed by atoms with E-state index in [2.05, 4.69) is 50.1 Å². The van der Waals surface area contributed by atoms with Crippen LogP contribution in [0, 0.1) is 0 Å².